The van der Waals surface area contributed by atoms with Crippen LogP contribution in [0.15, 0.2) is 53.4 Å². The first-order chi connectivity index (χ1) is 16.1. The Morgan fingerprint density at radius 1 is 1.03 bits per heavy atom. The van der Waals surface area contributed by atoms with Crippen molar-refractivity contribution in [3.8, 4) is 5.75 Å². The molecule has 1 N–H and O–H groups in total. The van der Waals surface area contributed by atoms with E-state index in [1.54, 1.807) is 12.1 Å². The molecular formula is C27H36N2O4S. The van der Waals surface area contributed by atoms with E-state index >= 15 is 0 Å². The van der Waals surface area contributed by atoms with Gasteiger partial charge in [-0.3, -0.25) is 4.79 Å². The fraction of sp³-hybridized carbons (Fsp3) is 0.519. The van der Waals surface area contributed by atoms with Gasteiger partial charge in [-0.25, -0.2) is 13.4 Å². The molecule has 1 saturated carbocycles. The molecule has 2 aromatic rings. The van der Waals surface area contributed by atoms with Crippen molar-refractivity contribution in [2.75, 3.05) is 19.7 Å². The highest BCUT2D eigenvalue weighted by Gasteiger charge is 2.30. The minimum atomic E-state index is -3.57. The van der Waals surface area contributed by atoms with Crippen LogP contribution in [0.25, 0.3) is 0 Å². The highest BCUT2D eigenvalue weighted by atomic mass is 32.2. The van der Waals surface area contributed by atoms with Gasteiger partial charge in [-0.2, -0.15) is 0 Å². The van der Waals surface area contributed by atoms with E-state index in [0.717, 1.165) is 49.0 Å². The third kappa shape index (κ3) is 6.46. The Morgan fingerprint density at radius 3 is 2.32 bits per heavy atom. The molecule has 1 heterocycles. The zero-order valence-electron chi connectivity index (χ0n) is 20.4. The number of hydrogen-bond donors (Lipinski definition) is 1. The lowest BCUT2D eigenvalue weighted by Crippen LogP contribution is -2.40. The molecule has 2 fully saturated rings. The summed E-state index contributed by atoms with van der Waals surface area (Å²) >= 11 is 0. The van der Waals surface area contributed by atoms with Crippen molar-refractivity contribution in [2.45, 2.75) is 63.2 Å². The molecule has 0 bridgehead atoms. The van der Waals surface area contributed by atoms with Crippen LogP contribution in [-0.2, 0) is 15.4 Å². The first kappa shape index (κ1) is 24.9. The number of Topliss-reactive ketones (excluding diaryl/α,β-unsaturated/α-hetero) is 1. The summed E-state index contributed by atoms with van der Waals surface area (Å²) in [4.78, 5) is 15.1. The third-order valence-corrected chi connectivity index (χ3v) is 8.07. The normalized spacial score (nSPS) is 19.3. The van der Waals surface area contributed by atoms with Crippen LogP contribution >= 0.6 is 0 Å². The van der Waals surface area contributed by atoms with E-state index in [4.69, 9.17) is 4.74 Å². The van der Waals surface area contributed by atoms with E-state index < -0.39 is 10.0 Å². The quantitative estimate of drug-likeness (QED) is 0.381. The van der Waals surface area contributed by atoms with Crippen LogP contribution in [0, 0.1) is 11.8 Å². The van der Waals surface area contributed by atoms with Gasteiger partial charge < -0.3 is 4.74 Å². The lowest BCUT2D eigenvalue weighted by atomic mass is 9.87. The van der Waals surface area contributed by atoms with E-state index in [-0.39, 0.29) is 17.1 Å². The first-order valence-electron chi connectivity index (χ1n) is 12.3. The molecule has 184 valence electrons. The standard InChI is InChI=1S/C27H36N2O4S/c1-27(2,3)23-10-14-25(15-11-23)34(31,32)28-29-17-16-20(19-29)5-4-18-33-24-12-8-22(9-13-24)26(30)21-6-7-21/h8-15,20-21,28H,4-7,16-19H2,1-3H3/t20-/m1/s1. The average molecular weight is 485 g/mol. The molecule has 0 spiro atoms. The molecule has 0 unspecified atom stereocenters. The summed E-state index contributed by atoms with van der Waals surface area (Å²) in [6, 6.07) is 14.6. The predicted molar refractivity (Wildman–Crippen MR) is 133 cm³/mol. The molecule has 0 radical (unpaired) electrons. The molecule has 34 heavy (non-hydrogen) atoms. The predicted octanol–water partition coefficient (Wildman–Crippen LogP) is 4.95. The van der Waals surface area contributed by atoms with Crippen LogP contribution in [0.4, 0.5) is 0 Å². The fourth-order valence-electron chi connectivity index (χ4n) is 4.37. The monoisotopic (exact) mass is 484 g/mol. The molecule has 2 aliphatic rings. The molecule has 2 aromatic carbocycles. The van der Waals surface area contributed by atoms with Crippen LogP contribution in [0.1, 0.15) is 68.8 Å². The Balaban J connectivity index is 1.18. The maximum absolute atomic E-state index is 12.8. The number of benzene rings is 2. The van der Waals surface area contributed by atoms with E-state index in [1.165, 1.54) is 0 Å². The summed E-state index contributed by atoms with van der Waals surface area (Å²) < 4.78 is 31.4. The van der Waals surface area contributed by atoms with Crippen molar-refractivity contribution >= 4 is 15.8 Å². The highest BCUT2D eigenvalue weighted by molar-refractivity contribution is 7.89. The number of ether oxygens (including phenoxy) is 1. The lowest BCUT2D eigenvalue weighted by molar-refractivity contribution is 0.0967. The maximum Gasteiger partial charge on any atom is 0.253 e. The first-order valence-corrected chi connectivity index (χ1v) is 13.8. The van der Waals surface area contributed by atoms with Crippen LogP contribution in [0.3, 0.4) is 0 Å². The number of nitrogens with one attached hydrogen (secondary N) is 1. The number of carbonyl (C=O) groups is 1. The van der Waals surface area contributed by atoms with Gasteiger partial charge in [0.1, 0.15) is 5.75 Å². The summed E-state index contributed by atoms with van der Waals surface area (Å²) in [5.41, 5.74) is 1.87. The summed E-state index contributed by atoms with van der Waals surface area (Å²) in [6.07, 6.45) is 4.88. The smallest absolute Gasteiger partial charge is 0.253 e. The van der Waals surface area contributed by atoms with Crippen molar-refractivity contribution in [3.63, 3.8) is 0 Å². The molecule has 1 atom stereocenters. The number of rotatable bonds is 10. The summed E-state index contributed by atoms with van der Waals surface area (Å²) in [5, 5.41) is 1.81. The molecule has 0 amide bonds. The zero-order valence-corrected chi connectivity index (χ0v) is 21.2. The third-order valence-electron chi connectivity index (χ3n) is 6.68. The fourth-order valence-corrected chi connectivity index (χ4v) is 5.47. The number of hydrogen-bond acceptors (Lipinski definition) is 5. The highest BCUT2D eigenvalue weighted by Crippen LogP contribution is 2.33. The van der Waals surface area contributed by atoms with E-state index in [2.05, 4.69) is 25.6 Å². The van der Waals surface area contributed by atoms with E-state index in [9.17, 15) is 13.2 Å². The number of nitrogens with zero attached hydrogens (tertiary/aromatic N) is 1. The minimum absolute atomic E-state index is 0.0137. The molecule has 1 aliphatic heterocycles. The topological polar surface area (TPSA) is 75.7 Å². The maximum atomic E-state index is 12.8. The molecule has 6 nitrogen and oxygen atoms in total. The van der Waals surface area contributed by atoms with E-state index in [1.807, 2.05) is 41.4 Å². The number of carbonyl (C=O) groups excluding carboxylic acids is 1. The minimum Gasteiger partial charge on any atom is -0.494 e. The van der Waals surface area contributed by atoms with Crippen LogP contribution in [0.2, 0.25) is 0 Å². The van der Waals surface area contributed by atoms with Gasteiger partial charge in [0, 0.05) is 24.6 Å². The van der Waals surface area contributed by atoms with Gasteiger partial charge >= 0.3 is 0 Å². The second-order valence-electron chi connectivity index (χ2n) is 10.6. The second-order valence-corrected chi connectivity index (χ2v) is 12.3. The van der Waals surface area contributed by atoms with Crippen LogP contribution < -0.4 is 9.57 Å². The summed E-state index contributed by atoms with van der Waals surface area (Å²) in [6.45, 7) is 8.35. The van der Waals surface area contributed by atoms with Crippen LogP contribution in [-0.4, -0.2) is 38.9 Å². The number of hydrazine groups is 1. The van der Waals surface area contributed by atoms with Gasteiger partial charge in [0.2, 0.25) is 0 Å². The number of ketones is 1. The molecule has 4 rings (SSSR count). The largest absolute Gasteiger partial charge is 0.494 e. The van der Waals surface area contributed by atoms with Crippen molar-refractivity contribution in [1.82, 2.24) is 9.84 Å². The Labute approximate surface area is 203 Å². The van der Waals surface area contributed by atoms with Crippen molar-refractivity contribution in [3.05, 3.63) is 59.7 Å². The molecule has 1 aliphatic carbocycles. The van der Waals surface area contributed by atoms with Gasteiger partial charge in [0.05, 0.1) is 11.5 Å². The van der Waals surface area contributed by atoms with Gasteiger partial charge in [-0.1, -0.05) is 32.9 Å². The van der Waals surface area contributed by atoms with Gasteiger partial charge in [-0.15, -0.1) is 4.83 Å². The Kier molecular flexibility index (Phi) is 7.45. The SMILES string of the molecule is CC(C)(C)c1ccc(S(=O)(=O)NN2CC[C@@H](CCCOc3ccc(C(=O)C4CC4)cc3)C2)cc1. The van der Waals surface area contributed by atoms with Crippen LogP contribution in [0.5, 0.6) is 5.75 Å². The van der Waals surface area contributed by atoms with Gasteiger partial charge in [0.25, 0.3) is 10.0 Å². The van der Waals surface area contributed by atoms with Crippen molar-refractivity contribution in [1.29, 1.82) is 0 Å². The average Bonchev–Trinajstić information content (AvgIpc) is 3.56. The Bertz CT molecular complexity index is 1080. The summed E-state index contributed by atoms with van der Waals surface area (Å²) in [7, 11) is -3.57. The van der Waals surface area contributed by atoms with Crippen molar-refractivity contribution < 1.29 is 17.9 Å². The van der Waals surface area contributed by atoms with Crippen molar-refractivity contribution in [2.24, 2.45) is 11.8 Å². The Morgan fingerprint density at radius 2 is 1.71 bits per heavy atom. The molecular weight excluding hydrogens is 448 g/mol. The lowest BCUT2D eigenvalue weighted by Gasteiger charge is -2.20. The van der Waals surface area contributed by atoms with E-state index in [0.29, 0.717) is 30.5 Å². The molecule has 1 saturated heterocycles. The summed E-state index contributed by atoms with van der Waals surface area (Å²) in [5.74, 6) is 1.70. The van der Waals surface area contributed by atoms with Gasteiger partial charge in [0.15, 0.2) is 5.78 Å². The zero-order chi connectivity index (χ0) is 24.3. The van der Waals surface area contributed by atoms with Gasteiger partial charge in [-0.05, 0) is 85.4 Å². The number of sulfonamides is 1. The molecule has 7 heteroatoms. The molecule has 0 aromatic heterocycles. The second kappa shape index (κ2) is 10.2. The Hall–Kier alpha value is -2.22.